The van der Waals surface area contributed by atoms with Gasteiger partial charge in [-0.1, -0.05) is 40.7 Å². The highest BCUT2D eigenvalue weighted by Gasteiger charge is 2.42. The summed E-state index contributed by atoms with van der Waals surface area (Å²) in [5, 5.41) is 20.5. The molecule has 5 amide bonds. The number of ether oxygens (including phenoxy) is 2. The molecule has 2 aromatic heterocycles. The van der Waals surface area contributed by atoms with E-state index in [2.05, 4.69) is 22.5 Å². The molecule has 0 bridgehead atoms. The van der Waals surface area contributed by atoms with E-state index in [-0.39, 0.29) is 73.5 Å². The van der Waals surface area contributed by atoms with E-state index in [4.69, 9.17) is 14.5 Å². The first-order valence-electron chi connectivity index (χ1n) is 22.0. The lowest BCUT2D eigenvalue weighted by Gasteiger charge is -2.35. The van der Waals surface area contributed by atoms with Crippen LogP contribution in [0, 0.1) is 18.7 Å². The normalized spacial score (nSPS) is 17.4. The molecule has 16 heteroatoms. The number of rotatable bonds is 20. The summed E-state index contributed by atoms with van der Waals surface area (Å²) in [6, 6.07) is 1.51. The van der Waals surface area contributed by atoms with Gasteiger partial charge in [0.05, 0.1) is 29.0 Å². The number of halogens is 1. The number of carbonyl (C=O) groups is 5. The van der Waals surface area contributed by atoms with Gasteiger partial charge in [-0.3, -0.25) is 33.7 Å². The van der Waals surface area contributed by atoms with Crippen molar-refractivity contribution < 1.29 is 42.9 Å². The molecular formula is C47H59FN6O9. The molecule has 0 unspecified atom stereocenters. The fourth-order valence-corrected chi connectivity index (χ4v) is 8.69. The summed E-state index contributed by atoms with van der Waals surface area (Å²) in [5.41, 5.74) is 4.07. The molecule has 0 radical (unpaired) electrons. The zero-order chi connectivity index (χ0) is 45.7. The van der Waals surface area contributed by atoms with Gasteiger partial charge in [0.25, 0.3) is 17.4 Å². The smallest absolute Gasteiger partial charge is 0.258 e. The lowest BCUT2D eigenvalue weighted by Crippen LogP contribution is -2.54. The highest BCUT2D eigenvalue weighted by atomic mass is 19.1. The van der Waals surface area contributed by atoms with Crippen molar-refractivity contribution in [3.8, 4) is 11.4 Å². The van der Waals surface area contributed by atoms with Crippen LogP contribution in [0.1, 0.15) is 113 Å². The SMILES string of the molecule is C=C1OCc2c(cc3n(c2=O)Cc2c-3nc3cc(F)c(C)c(CCCCOCNC(=O)[C@H](C)NC(=O)[C@@H](NC(=O)CCCCCN4C(=O)C=CC4=O)C(C)C)c3c2CC)[C@@]1(O)CC. The Kier molecular flexibility index (Phi) is 14.7. The van der Waals surface area contributed by atoms with Crippen LogP contribution in [-0.2, 0) is 65.0 Å². The van der Waals surface area contributed by atoms with E-state index < -0.39 is 29.5 Å². The number of pyridine rings is 2. The molecule has 0 aliphatic carbocycles. The summed E-state index contributed by atoms with van der Waals surface area (Å²) in [6.07, 6.45) is 7.07. The Bertz CT molecular complexity index is 2410. The van der Waals surface area contributed by atoms with Crippen LogP contribution in [-0.4, -0.2) is 81.1 Å². The summed E-state index contributed by atoms with van der Waals surface area (Å²) in [5.74, 6) is -2.36. The molecule has 5 heterocycles. The summed E-state index contributed by atoms with van der Waals surface area (Å²) < 4.78 is 28.6. The molecule has 0 saturated heterocycles. The van der Waals surface area contributed by atoms with E-state index in [0.29, 0.717) is 91.7 Å². The van der Waals surface area contributed by atoms with Crippen LogP contribution in [0.2, 0.25) is 0 Å². The van der Waals surface area contributed by atoms with Crippen LogP contribution in [0.25, 0.3) is 22.3 Å². The highest BCUT2D eigenvalue weighted by molar-refractivity contribution is 6.12. The van der Waals surface area contributed by atoms with E-state index in [9.17, 15) is 33.9 Å². The van der Waals surface area contributed by atoms with Crippen molar-refractivity contribution >= 4 is 40.4 Å². The predicted molar refractivity (Wildman–Crippen MR) is 233 cm³/mol. The maximum atomic E-state index is 15.6. The number of unbranched alkanes of at least 4 members (excludes halogenated alkanes) is 3. The van der Waals surface area contributed by atoms with Crippen LogP contribution in [0.5, 0.6) is 0 Å². The first-order valence-corrected chi connectivity index (χ1v) is 22.0. The second-order valence-corrected chi connectivity index (χ2v) is 16.9. The van der Waals surface area contributed by atoms with Gasteiger partial charge in [0, 0.05) is 54.3 Å². The second kappa shape index (κ2) is 19.8. The van der Waals surface area contributed by atoms with Gasteiger partial charge in [0.1, 0.15) is 42.6 Å². The largest absolute Gasteiger partial charge is 0.490 e. The van der Waals surface area contributed by atoms with Gasteiger partial charge in [-0.05, 0) is 87.5 Å². The van der Waals surface area contributed by atoms with Gasteiger partial charge in [-0.25, -0.2) is 9.37 Å². The molecule has 0 saturated carbocycles. The van der Waals surface area contributed by atoms with Gasteiger partial charge in [-0.15, -0.1) is 0 Å². The van der Waals surface area contributed by atoms with Crippen LogP contribution in [0.3, 0.4) is 0 Å². The first kappa shape index (κ1) is 46.8. The van der Waals surface area contributed by atoms with E-state index in [1.54, 1.807) is 39.2 Å². The van der Waals surface area contributed by atoms with Gasteiger partial charge < -0.3 is 35.1 Å². The Morgan fingerprint density at radius 2 is 1.71 bits per heavy atom. The number of hydrogen-bond acceptors (Lipinski definition) is 10. The zero-order valence-corrected chi connectivity index (χ0v) is 37.1. The Hall–Kier alpha value is -5.74. The quantitative estimate of drug-likeness (QED) is 0.0553. The number of hydrogen-bond donors (Lipinski definition) is 4. The van der Waals surface area contributed by atoms with E-state index >= 15 is 4.39 Å². The third kappa shape index (κ3) is 9.61. The number of nitrogens with one attached hydrogen (secondary N) is 3. The standard InChI is InChI=1S/C47H59FN6O9/c1-8-30-32-23-54-37(21-34-33(46(54)60)24-63-29(7)47(34,61)9-2)43(32)51-36-22-35(48)27(5)31(41(30)36)15-12-14-20-62-25-49-44(58)28(6)50-45(59)42(26(3)4)52-38(55)16-11-10-13-19-53-39(56)17-18-40(53)57/h17-18,21-22,26,28,42,61H,7-16,19-20,23-25H2,1-6H3,(H,49,58)(H,50,59)(H,52,55)/t28-,42-,47+/m0/s1. The number of aromatic nitrogens is 2. The Morgan fingerprint density at radius 3 is 2.40 bits per heavy atom. The van der Waals surface area contributed by atoms with Crippen molar-refractivity contribution in [2.24, 2.45) is 5.92 Å². The number of imide groups is 1. The van der Waals surface area contributed by atoms with Gasteiger partial charge in [-0.2, -0.15) is 0 Å². The fourth-order valence-electron chi connectivity index (χ4n) is 8.69. The molecule has 15 nitrogen and oxygen atoms in total. The Morgan fingerprint density at radius 1 is 0.984 bits per heavy atom. The summed E-state index contributed by atoms with van der Waals surface area (Å²) in [6.45, 7) is 15.5. The average molecular weight is 871 g/mol. The molecule has 0 fully saturated rings. The molecule has 6 rings (SSSR count). The van der Waals surface area contributed by atoms with Crippen LogP contribution >= 0.6 is 0 Å². The highest BCUT2D eigenvalue weighted by Crippen LogP contribution is 2.43. The van der Waals surface area contributed by atoms with Crippen LogP contribution in [0.4, 0.5) is 4.39 Å². The van der Waals surface area contributed by atoms with Crippen molar-refractivity contribution in [1.82, 2.24) is 30.4 Å². The number of fused-ring (bicyclic) bond motifs is 5. The van der Waals surface area contributed by atoms with Crippen molar-refractivity contribution in [2.75, 3.05) is 19.9 Å². The first-order chi connectivity index (χ1) is 30.0. The van der Waals surface area contributed by atoms with E-state index in [1.807, 2.05) is 13.0 Å². The average Bonchev–Trinajstić information content (AvgIpc) is 3.78. The Labute approximate surface area is 366 Å². The van der Waals surface area contributed by atoms with Crippen molar-refractivity contribution in [3.05, 3.63) is 86.2 Å². The number of aliphatic hydroxyl groups is 1. The molecule has 3 aliphatic heterocycles. The van der Waals surface area contributed by atoms with Crippen molar-refractivity contribution in [3.63, 3.8) is 0 Å². The lowest BCUT2D eigenvalue weighted by atomic mass is 9.84. The van der Waals surface area contributed by atoms with Crippen molar-refractivity contribution in [2.45, 2.75) is 130 Å². The number of aryl methyl sites for hydroxylation is 2. The number of benzene rings is 1. The fraction of sp³-hybridized carbons (Fsp3) is 0.511. The van der Waals surface area contributed by atoms with Crippen molar-refractivity contribution in [1.29, 1.82) is 0 Å². The maximum Gasteiger partial charge on any atom is 0.258 e. The monoisotopic (exact) mass is 870 g/mol. The lowest BCUT2D eigenvalue weighted by molar-refractivity contribution is -0.137. The predicted octanol–water partition coefficient (Wildman–Crippen LogP) is 4.62. The van der Waals surface area contributed by atoms with E-state index in [0.717, 1.165) is 27.0 Å². The molecule has 1 aromatic carbocycles. The summed E-state index contributed by atoms with van der Waals surface area (Å²) in [7, 11) is 0. The third-order valence-electron chi connectivity index (χ3n) is 12.5. The molecule has 3 aromatic rings. The summed E-state index contributed by atoms with van der Waals surface area (Å²) in [4.78, 5) is 81.9. The van der Waals surface area contributed by atoms with Crippen LogP contribution in [0.15, 0.2) is 41.4 Å². The van der Waals surface area contributed by atoms with Crippen LogP contribution < -0.4 is 21.5 Å². The summed E-state index contributed by atoms with van der Waals surface area (Å²) >= 11 is 0. The van der Waals surface area contributed by atoms with Gasteiger partial charge in [0.15, 0.2) is 0 Å². The minimum Gasteiger partial charge on any atom is -0.490 e. The third-order valence-corrected chi connectivity index (χ3v) is 12.5. The van der Waals surface area contributed by atoms with Gasteiger partial charge in [0.2, 0.25) is 17.7 Å². The molecule has 3 atom stereocenters. The number of carbonyl (C=O) groups excluding carboxylic acids is 5. The minimum atomic E-state index is -1.51. The molecule has 0 spiro atoms. The number of amides is 5. The minimum absolute atomic E-state index is 0.0190. The second-order valence-electron chi connectivity index (χ2n) is 16.9. The zero-order valence-electron chi connectivity index (χ0n) is 37.1. The molecule has 338 valence electrons. The maximum absolute atomic E-state index is 15.6. The molecule has 63 heavy (non-hydrogen) atoms. The molecule has 3 aliphatic rings. The molecular weight excluding hydrogens is 812 g/mol. The topological polar surface area (TPSA) is 198 Å². The Balaban J connectivity index is 0.985. The van der Waals surface area contributed by atoms with Gasteiger partial charge >= 0.3 is 0 Å². The number of nitrogens with zero attached hydrogens (tertiary/aromatic N) is 3. The van der Waals surface area contributed by atoms with E-state index in [1.165, 1.54) is 18.2 Å². The molecule has 4 N–H and O–H groups in total.